The molecule has 0 aliphatic carbocycles. The lowest BCUT2D eigenvalue weighted by atomic mass is 10.1. The minimum atomic E-state index is 0.275. The van der Waals surface area contributed by atoms with Gasteiger partial charge in [0.05, 0.1) is 19.6 Å². The number of rotatable bonds is 4. The van der Waals surface area contributed by atoms with Crippen LogP contribution in [0.5, 0.6) is 11.5 Å². The maximum atomic E-state index is 8.80. The molecule has 1 aliphatic heterocycles. The van der Waals surface area contributed by atoms with E-state index in [1.54, 1.807) is 7.11 Å². The van der Waals surface area contributed by atoms with Crippen molar-refractivity contribution in [2.45, 2.75) is 25.4 Å². The molecule has 2 rings (SSSR count). The third-order valence-electron chi connectivity index (χ3n) is 3.00. The van der Waals surface area contributed by atoms with Crippen LogP contribution in [-0.4, -0.2) is 24.7 Å². The number of nitrogens with zero attached hydrogens (tertiary/aromatic N) is 1. The number of para-hydroxylation sites is 1. The van der Waals surface area contributed by atoms with Crippen LogP contribution in [0.1, 0.15) is 18.4 Å². The standard InChI is InChI=1S/C14H17NO2S/c1-16-14-11(5-8-15)3-2-4-13(14)17-12-6-9-18-10-7-12/h2-4,12H,5-7,9-10H2,1H3. The van der Waals surface area contributed by atoms with Crippen molar-refractivity contribution >= 4 is 11.8 Å². The second kappa shape index (κ2) is 6.55. The number of ether oxygens (including phenoxy) is 2. The Bertz CT molecular complexity index is 436. The van der Waals surface area contributed by atoms with E-state index in [1.165, 1.54) is 0 Å². The number of methoxy groups -OCH3 is 1. The topological polar surface area (TPSA) is 42.2 Å². The number of hydrogen-bond donors (Lipinski definition) is 0. The van der Waals surface area contributed by atoms with Gasteiger partial charge in [-0.2, -0.15) is 17.0 Å². The van der Waals surface area contributed by atoms with Crippen LogP contribution in [-0.2, 0) is 6.42 Å². The lowest BCUT2D eigenvalue weighted by Gasteiger charge is -2.24. The molecule has 0 amide bonds. The number of nitriles is 1. The zero-order valence-electron chi connectivity index (χ0n) is 10.5. The second-order valence-corrected chi connectivity index (χ2v) is 5.44. The smallest absolute Gasteiger partial charge is 0.164 e. The van der Waals surface area contributed by atoms with Gasteiger partial charge in [-0.15, -0.1) is 0 Å². The van der Waals surface area contributed by atoms with Crippen molar-refractivity contribution in [3.63, 3.8) is 0 Å². The van der Waals surface area contributed by atoms with Gasteiger partial charge < -0.3 is 9.47 Å². The molecule has 1 heterocycles. The Hall–Kier alpha value is -1.34. The molecule has 4 heteroatoms. The van der Waals surface area contributed by atoms with E-state index in [1.807, 2.05) is 30.0 Å². The van der Waals surface area contributed by atoms with Gasteiger partial charge in [-0.25, -0.2) is 0 Å². The first-order valence-electron chi connectivity index (χ1n) is 6.12. The van der Waals surface area contributed by atoms with Crippen molar-refractivity contribution < 1.29 is 9.47 Å². The number of benzene rings is 1. The third kappa shape index (κ3) is 3.11. The van der Waals surface area contributed by atoms with Crippen LogP contribution in [0.25, 0.3) is 0 Å². The Balaban J connectivity index is 2.15. The Kier molecular flexibility index (Phi) is 4.77. The summed E-state index contributed by atoms with van der Waals surface area (Å²) in [5.74, 6) is 3.79. The average molecular weight is 263 g/mol. The molecule has 0 unspecified atom stereocenters. The summed E-state index contributed by atoms with van der Waals surface area (Å²) in [6.07, 6.45) is 2.78. The fourth-order valence-electron chi connectivity index (χ4n) is 2.08. The molecule has 1 fully saturated rings. The van der Waals surface area contributed by atoms with Crippen LogP contribution in [0.2, 0.25) is 0 Å². The summed E-state index contributed by atoms with van der Waals surface area (Å²) in [5, 5.41) is 8.80. The van der Waals surface area contributed by atoms with Gasteiger partial charge in [0.2, 0.25) is 0 Å². The zero-order chi connectivity index (χ0) is 12.8. The van der Waals surface area contributed by atoms with Crippen LogP contribution in [0.4, 0.5) is 0 Å². The fourth-order valence-corrected chi connectivity index (χ4v) is 3.15. The van der Waals surface area contributed by atoms with Crippen molar-refractivity contribution in [3.05, 3.63) is 23.8 Å². The van der Waals surface area contributed by atoms with Crippen molar-refractivity contribution in [1.82, 2.24) is 0 Å². The molecule has 18 heavy (non-hydrogen) atoms. The average Bonchev–Trinajstić information content (AvgIpc) is 2.41. The van der Waals surface area contributed by atoms with E-state index in [4.69, 9.17) is 14.7 Å². The van der Waals surface area contributed by atoms with Gasteiger partial charge in [0, 0.05) is 5.56 Å². The van der Waals surface area contributed by atoms with Gasteiger partial charge >= 0.3 is 0 Å². The van der Waals surface area contributed by atoms with Crippen LogP contribution in [0, 0.1) is 11.3 Å². The number of thioether (sulfide) groups is 1. The predicted molar refractivity (Wildman–Crippen MR) is 73.3 cm³/mol. The molecule has 0 atom stereocenters. The van der Waals surface area contributed by atoms with Crippen molar-refractivity contribution in [3.8, 4) is 17.6 Å². The lowest BCUT2D eigenvalue weighted by molar-refractivity contribution is 0.184. The highest BCUT2D eigenvalue weighted by molar-refractivity contribution is 7.99. The van der Waals surface area contributed by atoms with E-state index >= 15 is 0 Å². The van der Waals surface area contributed by atoms with Crippen LogP contribution < -0.4 is 9.47 Å². The molecule has 1 aliphatic rings. The minimum Gasteiger partial charge on any atom is -0.493 e. The normalized spacial score (nSPS) is 16.0. The predicted octanol–water partition coefficient (Wildman–Crippen LogP) is 3.04. The highest BCUT2D eigenvalue weighted by Crippen LogP contribution is 2.33. The van der Waals surface area contributed by atoms with Crippen molar-refractivity contribution in [1.29, 1.82) is 5.26 Å². The molecule has 96 valence electrons. The molecule has 0 spiro atoms. The first-order valence-corrected chi connectivity index (χ1v) is 7.28. The molecule has 1 saturated heterocycles. The molecule has 0 radical (unpaired) electrons. The minimum absolute atomic E-state index is 0.275. The molecular formula is C14H17NO2S. The summed E-state index contributed by atoms with van der Waals surface area (Å²) in [6, 6.07) is 7.90. The van der Waals surface area contributed by atoms with Crippen LogP contribution in [0.3, 0.4) is 0 Å². The van der Waals surface area contributed by atoms with E-state index in [0.29, 0.717) is 12.2 Å². The molecule has 0 bridgehead atoms. The zero-order valence-corrected chi connectivity index (χ0v) is 11.3. The maximum Gasteiger partial charge on any atom is 0.164 e. The quantitative estimate of drug-likeness (QED) is 0.837. The molecule has 1 aromatic carbocycles. The lowest BCUT2D eigenvalue weighted by Crippen LogP contribution is -2.22. The Morgan fingerprint density at radius 3 is 2.83 bits per heavy atom. The summed E-state index contributed by atoms with van der Waals surface area (Å²) in [7, 11) is 1.62. The first-order chi connectivity index (χ1) is 8.85. The van der Waals surface area contributed by atoms with Crippen molar-refractivity contribution in [2.75, 3.05) is 18.6 Å². The summed E-state index contributed by atoms with van der Waals surface area (Å²) >= 11 is 1.98. The van der Waals surface area contributed by atoms with E-state index in [2.05, 4.69) is 6.07 Å². The van der Waals surface area contributed by atoms with E-state index in [-0.39, 0.29) is 6.10 Å². The molecule has 0 aromatic heterocycles. The maximum absolute atomic E-state index is 8.80. The fraction of sp³-hybridized carbons (Fsp3) is 0.500. The number of hydrogen-bond acceptors (Lipinski definition) is 4. The molecule has 0 N–H and O–H groups in total. The Morgan fingerprint density at radius 1 is 1.39 bits per heavy atom. The third-order valence-corrected chi connectivity index (χ3v) is 4.04. The van der Waals surface area contributed by atoms with Crippen molar-refractivity contribution in [2.24, 2.45) is 0 Å². The van der Waals surface area contributed by atoms with E-state index < -0.39 is 0 Å². The van der Waals surface area contributed by atoms with E-state index in [9.17, 15) is 0 Å². The SMILES string of the molecule is COc1c(CC#N)cccc1OC1CCSCC1. The first kappa shape index (κ1) is 13.1. The van der Waals surface area contributed by atoms with Crippen LogP contribution in [0.15, 0.2) is 18.2 Å². The van der Waals surface area contributed by atoms with E-state index in [0.717, 1.165) is 35.7 Å². The van der Waals surface area contributed by atoms with Gasteiger partial charge in [-0.3, -0.25) is 0 Å². The highest BCUT2D eigenvalue weighted by atomic mass is 32.2. The van der Waals surface area contributed by atoms with Crippen LogP contribution >= 0.6 is 11.8 Å². The molecular weight excluding hydrogens is 246 g/mol. The van der Waals surface area contributed by atoms with Gasteiger partial charge in [0.25, 0.3) is 0 Å². The summed E-state index contributed by atoms with van der Waals surface area (Å²) in [5.41, 5.74) is 0.891. The van der Waals surface area contributed by atoms with Gasteiger partial charge in [0.15, 0.2) is 11.5 Å². The largest absolute Gasteiger partial charge is 0.493 e. The summed E-state index contributed by atoms with van der Waals surface area (Å²) in [4.78, 5) is 0. The monoisotopic (exact) mass is 263 g/mol. The van der Waals surface area contributed by atoms with Gasteiger partial charge in [-0.05, 0) is 30.4 Å². The molecule has 1 aromatic rings. The molecule has 0 saturated carbocycles. The Morgan fingerprint density at radius 2 is 2.17 bits per heavy atom. The highest BCUT2D eigenvalue weighted by Gasteiger charge is 2.18. The summed E-state index contributed by atoms with van der Waals surface area (Å²) < 4.78 is 11.4. The Labute approximate surface area is 112 Å². The van der Waals surface area contributed by atoms with Gasteiger partial charge in [0.1, 0.15) is 6.10 Å². The second-order valence-electron chi connectivity index (χ2n) is 4.21. The molecule has 3 nitrogen and oxygen atoms in total. The summed E-state index contributed by atoms with van der Waals surface area (Å²) in [6.45, 7) is 0. The van der Waals surface area contributed by atoms with Gasteiger partial charge in [-0.1, -0.05) is 12.1 Å².